The summed E-state index contributed by atoms with van der Waals surface area (Å²) in [4.78, 5) is 0. The monoisotopic (exact) mass is 198 g/mol. The van der Waals surface area contributed by atoms with Crippen LogP contribution >= 0.6 is 0 Å². The fraction of sp³-hybridized carbons (Fsp3) is 1.00. The first-order valence-corrected chi connectivity index (χ1v) is 5.01. The van der Waals surface area contributed by atoms with Crippen LogP contribution in [0.2, 0.25) is 0 Å². The van der Waals surface area contributed by atoms with Crippen molar-refractivity contribution < 1.29 is 19.3 Å². The van der Waals surface area contributed by atoms with Crippen molar-refractivity contribution in [1.82, 2.24) is 0 Å². The van der Waals surface area contributed by atoms with E-state index in [-0.39, 0.29) is 19.0 Å². The van der Waals surface area contributed by atoms with Gasteiger partial charge < -0.3 is 19.3 Å². The third kappa shape index (κ3) is 1.48. The first-order chi connectivity index (χ1) is 6.68. The Bertz CT molecular complexity index is 213. The number of ether oxygens (including phenoxy) is 3. The van der Waals surface area contributed by atoms with Crippen LogP contribution in [0.15, 0.2) is 0 Å². The van der Waals surface area contributed by atoms with Gasteiger partial charge in [0.2, 0.25) is 0 Å². The third-order valence-corrected chi connectivity index (χ3v) is 2.91. The lowest BCUT2D eigenvalue weighted by Gasteiger charge is -2.34. The molecule has 2 aliphatic heterocycles. The SMILES string of the molecule is [B]C1OC2COCO[C@H]2[C@]1(O)CCC. The highest BCUT2D eigenvalue weighted by molar-refractivity contribution is 6.12. The van der Waals surface area contributed by atoms with E-state index in [4.69, 9.17) is 22.1 Å². The van der Waals surface area contributed by atoms with Gasteiger partial charge in [-0.3, -0.25) is 0 Å². The molecule has 5 heteroatoms. The Kier molecular flexibility index (Phi) is 2.84. The second-order valence-corrected chi connectivity index (χ2v) is 3.91. The Balaban J connectivity index is 2.14. The first kappa shape index (κ1) is 10.4. The van der Waals surface area contributed by atoms with E-state index in [0.717, 1.165) is 6.42 Å². The van der Waals surface area contributed by atoms with E-state index in [9.17, 15) is 5.11 Å². The highest BCUT2D eigenvalue weighted by Crippen LogP contribution is 2.37. The van der Waals surface area contributed by atoms with Crippen LogP contribution in [-0.4, -0.2) is 50.2 Å². The summed E-state index contributed by atoms with van der Waals surface area (Å²) < 4.78 is 15.9. The van der Waals surface area contributed by atoms with Crippen molar-refractivity contribution in [2.24, 2.45) is 0 Å². The van der Waals surface area contributed by atoms with Gasteiger partial charge in [-0.25, -0.2) is 0 Å². The maximum absolute atomic E-state index is 10.3. The van der Waals surface area contributed by atoms with Gasteiger partial charge in [-0.15, -0.1) is 0 Å². The highest BCUT2D eigenvalue weighted by atomic mass is 16.7. The summed E-state index contributed by atoms with van der Waals surface area (Å²) in [6, 6.07) is -0.667. The summed E-state index contributed by atoms with van der Waals surface area (Å²) in [5.41, 5.74) is -1.05. The van der Waals surface area contributed by atoms with Gasteiger partial charge in [-0.05, 0) is 6.42 Å². The predicted octanol–water partition coefficient (Wildman–Crippen LogP) is -0.216. The molecular formula is C9H15BO4. The van der Waals surface area contributed by atoms with Crippen LogP contribution < -0.4 is 0 Å². The van der Waals surface area contributed by atoms with Crippen molar-refractivity contribution in [1.29, 1.82) is 0 Å². The molecule has 2 radical (unpaired) electrons. The van der Waals surface area contributed by atoms with Gasteiger partial charge in [0, 0.05) is 6.00 Å². The molecule has 4 nitrogen and oxygen atoms in total. The molecule has 1 N–H and O–H groups in total. The largest absolute Gasteiger partial charge is 0.385 e. The molecule has 14 heavy (non-hydrogen) atoms. The van der Waals surface area contributed by atoms with Crippen LogP contribution in [0, 0.1) is 0 Å². The van der Waals surface area contributed by atoms with E-state index < -0.39 is 11.6 Å². The molecule has 0 spiro atoms. The molecular weight excluding hydrogens is 183 g/mol. The van der Waals surface area contributed by atoms with E-state index in [1.807, 2.05) is 6.92 Å². The Morgan fingerprint density at radius 1 is 1.57 bits per heavy atom. The van der Waals surface area contributed by atoms with Gasteiger partial charge in [0.05, 0.1) is 6.61 Å². The molecule has 4 atom stereocenters. The Labute approximate surface area is 84.9 Å². The number of rotatable bonds is 2. The van der Waals surface area contributed by atoms with Crippen LogP contribution in [0.5, 0.6) is 0 Å². The molecule has 0 saturated carbocycles. The summed E-state index contributed by atoms with van der Waals surface area (Å²) in [6.07, 6.45) is 0.873. The first-order valence-electron chi connectivity index (χ1n) is 5.01. The zero-order valence-electron chi connectivity index (χ0n) is 8.31. The molecule has 2 aliphatic rings. The number of hydrogen-bond acceptors (Lipinski definition) is 4. The maximum Gasteiger partial charge on any atom is 0.147 e. The third-order valence-electron chi connectivity index (χ3n) is 2.91. The average Bonchev–Trinajstić information content (AvgIpc) is 2.41. The van der Waals surface area contributed by atoms with E-state index in [0.29, 0.717) is 13.0 Å². The minimum atomic E-state index is -1.05. The van der Waals surface area contributed by atoms with Crippen LogP contribution in [0.3, 0.4) is 0 Å². The molecule has 78 valence electrons. The molecule has 0 aromatic carbocycles. The van der Waals surface area contributed by atoms with Crippen LogP contribution in [0.4, 0.5) is 0 Å². The molecule has 2 fully saturated rings. The second-order valence-electron chi connectivity index (χ2n) is 3.91. The van der Waals surface area contributed by atoms with Crippen LogP contribution in [0.25, 0.3) is 0 Å². The lowest BCUT2D eigenvalue weighted by molar-refractivity contribution is -0.204. The predicted molar refractivity (Wildman–Crippen MR) is 50.0 cm³/mol. The smallest absolute Gasteiger partial charge is 0.147 e. The molecule has 0 aromatic rings. The van der Waals surface area contributed by atoms with Crippen molar-refractivity contribution in [3.63, 3.8) is 0 Å². The minimum Gasteiger partial charge on any atom is -0.385 e. The maximum atomic E-state index is 10.3. The van der Waals surface area contributed by atoms with Gasteiger partial charge in [0.15, 0.2) is 0 Å². The highest BCUT2D eigenvalue weighted by Gasteiger charge is 2.54. The van der Waals surface area contributed by atoms with Gasteiger partial charge in [0.1, 0.15) is 32.4 Å². The van der Waals surface area contributed by atoms with E-state index >= 15 is 0 Å². The normalized spacial score (nSPS) is 47.7. The van der Waals surface area contributed by atoms with Crippen molar-refractivity contribution in [2.45, 2.75) is 43.6 Å². The number of fused-ring (bicyclic) bond motifs is 1. The van der Waals surface area contributed by atoms with Crippen LogP contribution in [-0.2, 0) is 14.2 Å². The van der Waals surface area contributed by atoms with Crippen molar-refractivity contribution in [3.8, 4) is 0 Å². The minimum absolute atomic E-state index is 0.212. The zero-order valence-corrected chi connectivity index (χ0v) is 8.31. The molecule has 0 aliphatic carbocycles. The average molecular weight is 198 g/mol. The zero-order chi connectivity index (χ0) is 10.2. The summed E-state index contributed by atoms with van der Waals surface area (Å²) in [5.74, 6) is 0. The quantitative estimate of drug-likeness (QED) is 0.623. The van der Waals surface area contributed by atoms with Crippen molar-refractivity contribution >= 4 is 7.85 Å². The molecule has 0 aromatic heterocycles. The molecule has 2 rings (SSSR count). The molecule has 2 heterocycles. The van der Waals surface area contributed by atoms with E-state index in [1.165, 1.54) is 0 Å². The summed E-state index contributed by atoms with van der Waals surface area (Å²) >= 11 is 0. The summed E-state index contributed by atoms with van der Waals surface area (Å²) in [5, 5.41) is 10.3. The standard InChI is InChI=1S/C9H15BO4/c1-2-3-9(11)7-6(14-8(9)10)4-12-5-13-7/h6-8,11H,2-5H2,1H3/t6?,7-,8?,9-/m1/s1. The van der Waals surface area contributed by atoms with E-state index in [1.54, 1.807) is 0 Å². The fourth-order valence-electron chi connectivity index (χ4n) is 2.21. The van der Waals surface area contributed by atoms with Gasteiger partial charge in [-0.2, -0.15) is 0 Å². The Morgan fingerprint density at radius 2 is 2.36 bits per heavy atom. The van der Waals surface area contributed by atoms with Gasteiger partial charge in [0.25, 0.3) is 0 Å². The summed E-state index contributed by atoms with van der Waals surface area (Å²) in [6.45, 7) is 2.66. The Hall–Kier alpha value is -0.0951. The second kappa shape index (κ2) is 3.81. The number of aliphatic hydroxyl groups is 1. The van der Waals surface area contributed by atoms with Gasteiger partial charge in [-0.1, -0.05) is 13.3 Å². The lowest BCUT2D eigenvalue weighted by atomic mass is 9.77. The van der Waals surface area contributed by atoms with E-state index in [2.05, 4.69) is 0 Å². The molecule has 0 bridgehead atoms. The molecule has 2 unspecified atom stereocenters. The molecule has 2 saturated heterocycles. The fourth-order valence-corrected chi connectivity index (χ4v) is 2.21. The van der Waals surface area contributed by atoms with Gasteiger partial charge >= 0.3 is 0 Å². The van der Waals surface area contributed by atoms with Crippen LogP contribution in [0.1, 0.15) is 19.8 Å². The van der Waals surface area contributed by atoms with Crippen molar-refractivity contribution in [3.05, 3.63) is 0 Å². The Morgan fingerprint density at radius 3 is 3.07 bits per heavy atom. The number of hydrogen-bond donors (Lipinski definition) is 1. The van der Waals surface area contributed by atoms with Crippen molar-refractivity contribution in [2.75, 3.05) is 13.4 Å². The summed E-state index contributed by atoms with van der Waals surface area (Å²) in [7, 11) is 5.75. The lowest BCUT2D eigenvalue weighted by Crippen LogP contribution is -2.52. The molecule has 0 amide bonds. The topological polar surface area (TPSA) is 47.9 Å².